The summed E-state index contributed by atoms with van der Waals surface area (Å²) in [4.78, 5) is 0. The van der Waals surface area contributed by atoms with Crippen molar-refractivity contribution in [2.45, 2.75) is 77.2 Å². The third kappa shape index (κ3) is 2.34. The SMILES string of the molecule is CCC1CCC(CN)(C(C)(O)C2CCCCC2)C1. The Morgan fingerprint density at radius 3 is 2.39 bits per heavy atom. The van der Waals surface area contributed by atoms with Gasteiger partial charge in [-0.2, -0.15) is 0 Å². The molecule has 0 radical (unpaired) electrons. The molecule has 18 heavy (non-hydrogen) atoms. The maximum absolute atomic E-state index is 11.2. The van der Waals surface area contributed by atoms with Crippen molar-refractivity contribution in [2.75, 3.05) is 6.54 Å². The van der Waals surface area contributed by atoms with Crippen LogP contribution in [0.1, 0.15) is 71.6 Å². The van der Waals surface area contributed by atoms with Crippen molar-refractivity contribution in [2.24, 2.45) is 23.0 Å². The van der Waals surface area contributed by atoms with Gasteiger partial charge in [0.2, 0.25) is 0 Å². The molecular formula is C16H31NO. The fraction of sp³-hybridized carbons (Fsp3) is 1.00. The number of rotatable bonds is 4. The molecule has 106 valence electrons. The first kappa shape index (κ1) is 14.3. The molecule has 2 heteroatoms. The molecule has 0 aromatic rings. The van der Waals surface area contributed by atoms with Gasteiger partial charge in [0, 0.05) is 12.0 Å². The van der Waals surface area contributed by atoms with Crippen molar-refractivity contribution in [3.63, 3.8) is 0 Å². The highest BCUT2D eigenvalue weighted by atomic mass is 16.3. The van der Waals surface area contributed by atoms with Crippen LogP contribution in [-0.4, -0.2) is 17.3 Å². The minimum atomic E-state index is -0.550. The lowest BCUT2D eigenvalue weighted by atomic mass is 9.61. The maximum atomic E-state index is 11.2. The third-order valence-corrected chi connectivity index (χ3v) is 6.15. The molecule has 3 atom stereocenters. The largest absolute Gasteiger partial charge is 0.389 e. The molecule has 2 rings (SSSR count). The maximum Gasteiger partial charge on any atom is 0.0715 e. The average molecular weight is 253 g/mol. The summed E-state index contributed by atoms with van der Waals surface area (Å²) in [5.41, 5.74) is 5.56. The summed E-state index contributed by atoms with van der Waals surface area (Å²) < 4.78 is 0. The van der Waals surface area contributed by atoms with Crippen molar-refractivity contribution in [3.8, 4) is 0 Å². The van der Waals surface area contributed by atoms with E-state index in [1.54, 1.807) is 0 Å². The Kier molecular flexibility index (Phi) is 4.38. The monoisotopic (exact) mass is 253 g/mol. The lowest BCUT2D eigenvalue weighted by Gasteiger charge is -2.48. The van der Waals surface area contributed by atoms with E-state index in [4.69, 9.17) is 5.73 Å². The van der Waals surface area contributed by atoms with E-state index in [-0.39, 0.29) is 5.41 Å². The number of hydrogen-bond acceptors (Lipinski definition) is 2. The van der Waals surface area contributed by atoms with Gasteiger partial charge in [-0.25, -0.2) is 0 Å². The van der Waals surface area contributed by atoms with Crippen molar-refractivity contribution in [3.05, 3.63) is 0 Å². The lowest BCUT2D eigenvalue weighted by Crippen LogP contribution is -2.54. The predicted molar refractivity (Wildman–Crippen MR) is 76.3 cm³/mol. The van der Waals surface area contributed by atoms with Gasteiger partial charge < -0.3 is 10.8 Å². The topological polar surface area (TPSA) is 46.2 Å². The van der Waals surface area contributed by atoms with E-state index in [1.165, 1.54) is 44.9 Å². The first-order valence-corrected chi connectivity index (χ1v) is 7.98. The van der Waals surface area contributed by atoms with Crippen LogP contribution in [0.5, 0.6) is 0 Å². The molecule has 0 heterocycles. The summed E-state index contributed by atoms with van der Waals surface area (Å²) >= 11 is 0. The standard InChI is InChI=1S/C16H31NO/c1-3-13-9-10-16(11-13,12-17)15(2,18)14-7-5-4-6-8-14/h13-14,18H,3-12,17H2,1-2H3. The second-order valence-electron chi connectivity index (χ2n) is 6.98. The molecule has 3 unspecified atom stereocenters. The lowest BCUT2D eigenvalue weighted by molar-refractivity contribution is -0.118. The highest BCUT2D eigenvalue weighted by Crippen LogP contribution is 2.54. The van der Waals surface area contributed by atoms with Gasteiger partial charge in [-0.15, -0.1) is 0 Å². The van der Waals surface area contributed by atoms with Crippen LogP contribution < -0.4 is 5.73 Å². The normalized spacial score (nSPS) is 37.7. The van der Waals surface area contributed by atoms with Crippen LogP contribution in [0.15, 0.2) is 0 Å². The second kappa shape index (κ2) is 5.50. The summed E-state index contributed by atoms with van der Waals surface area (Å²) in [7, 11) is 0. The van der Waals surface area contributed by atoms with Crippen LogP contribution in [0.25, 0.3) is 0 Å². The summed E-state index contributed by atoms with van der Waals surface area (Å²) in [6.07, 6.45) is 11.1. The molecule has 2 aliphatic carbocycles. The minimum absolute atomic E-state index is 0.00428. The number of aliphatic hydroxyl groups is 1. The van der Waals surface area contributed by atoms with Gasteiger partial charge >= 0.3 is 0 Å². The highest BCUT2D eigenvalue weighted by molar-refractivity contribution is 5.05. The van der Waals surface area contributed by atoms with Crippen LogP contribution in [0, 0.1) is 17.3 Å². The van der Waals surface area contributed by atoms with E-state index in [9.17, 15) is 5.11 Å². The Hall–Kier alpha value is -0.0800. The van der Waals surface area contributed by atoms with E-state index in [0.29, 0.717) is 12.5 Å². The molecule has 0 amide bonds. The molecule has 2 saturated carbocycles. The summed E-state index contributed by atoms with van der Waals surface area (Å²) in [5.74, 6) is 1.26. The Labute approximate surface area is 112 Å². The zero-order chi connectivity index (χ0) is 13.2. The van der Waals surface area contributed by atoms with E-state index in [0.717, 1.165) is 18.8 Å². The second-order valence-corrected chi connectivity index (χ2v) is 6.98. The molecule has 0 aromatic heterocycles. The molecule has 0 saturated heterocycles. The summed E-state index contributed by atoms with van der Waals surface area (Å²) in [6, 6.07) is 0. The highest BCUT2D eigenvalue weighted by Gasteiger charge is 2.53. The van der Waals surface area contributed by atoms with Gasteiger partial charge in [-0.3, -0.25) is 0 Å². The van der Waals surface area contributed by atoms with Gasteiger partial charge in [0.05, 0.1) is 5.60 Å². The molecule has 0 spiro atoms. The van der Waals surface area contributed by atoms with Crippen molar-refractivity contribution >= 4 is 0 Å². The molecule has 3 N–H and O–H groups in total. The zero-order valence-corrected chi connectivity index (χ0v) is 12.3. The average Bonchev–Trinajstić information content (AvgIpc) is 2.85. The Morgan fingerprint density at radius 1 is 1.22 bits per heavy atom. The molecular weight excluding hydrogens is 222 g/mol. The molecule has 0 aromatic carbocycles. The van der Waals surface area contributed by atoms with Gasteiger partial charge in [0.15, 0.2) is 0 Å². The number of nitrogens with two attached hydrogens (primary N) is 1. The van der Waals surface area contributed by atoms with Crippen molar-refractivity contribution in [1.29, 1.82) is 0 Å². The van der Waals surface area contributed by atoms with Crippen LogP contribution in [-0.2, 0) is 0 Å². The van der Waals surface area contributed by atoms with E-state index >= 15 is 0 Å². The molecule has 2 aliphatic rings. The Balaban J connectivity index is 2.14. The van der Waals surface area contributed by atoms with Gasteiger partial charge in [-0.1, -0.05) is 32.6 Å². The van der Waals surface area contributed by atoms with Crippen molar-refractivity contribution < 1.29 is 5.11 Å². The van der Waals surface area contributed by atoms with E-state index in [1.807, 2.05) is 0 Å². The molecule has 2 fully saturated rings. The predicted octanol–water partition coefficient (Wildman–Crippen LogP) is 3.47. The summed E-state index contributed by atoms with van der Waals surface area (Å²) in [5, 5.41) is 11.2. The van der Waals surface area contributed by atoms with Crippen LogP contribution in [0.3, 0.4) is 0 Å². The van der Waals surface area contributed by atoms with Gasteiger partial charge in [0.1, 0.15) is 0 Å². The number of hydrogen-bond donors (Lipinski definition) is 2. The Bertz CT molecular complexity index is 270. The summed E-state index contributed by atoms with van der Waals surface area (Å²) in [6.45, 7) is 5.02. The smallest absolute Gasteiger partial charge is 0.0715 e. The molecule has 0 bridgehead atoms. The third-order valence-electron chi connectivity index (χ3n) is 6.15. The van der Waals surface area contributed by atoms with E-state index in [2.05, 4.69) is 13.8 Å². The minimum Gasteiger partial charge on any atom is -0.389 e. The molecule has 2 nitrogen and oxygen atoms in total. The van der Waals surface area contributed by atoms with Crippen LogP contribution >= 0.6 is 0 Å². The van der Waals surface area contributed by atoms with Gasteiger partial charge in [-0.05, 0) is 50.9 Å². The fourth-order valence-electron chi connectivity index (χ4n) is 4.54. The fourth-order valence-corrected chi connectivity index (χ4v) is 4.54. The van der Waals surface area contributed by atoms with Crippen LogP contribution in [0.4, 0.5) is 0 Å². The van der Waals surface area contributed by atoms with Crippen molar-refractivity contribution in [1.82, 2.24) is 0 Å². The van der Waals surface area contributed by atoms with Gasteiger partial charge in [0.25, 0.3) is 0 Å². The first-order chi connectivity index (χ1) is 8.55. The zero-order valence-electron chi connectivity index (χ0n) is 12.3. The van der Waals surface area contributed by atoms with Crippen LogP contribution in [0.2, 0.25) is 0 Å². The quantitative estimate of drug-likeness (QED) is 0.806. The first-order valence-electron chi connectivity index (χ1n) is 7.98. The van der Waals surface area contributed by atoms with E-state index < -0.39 is 5.60 Å². The molecule has 0 aliphatic heterocycles. The Morgan fingerprint density at radius 2 is 1.89 bits per heavy atom.